The van der Waals surface area contributed by atoms with Crippen LogP contribution in [0.25, 0.3) is 0 Å². The Labute approximate surface area is 191 Å². The maximum atomic E-state index is 11.9. The van der Waals surface area contributed by atoms with E-state index in [0.717, 1.165) is 18.5 Å². The van der Waals surface area contributed by atoms with E-state index in [1.165, 1.54) is 0 Å². The smallest absolute Gasteiger partial charge is 0.221 e. The van der Waals surface area contributed by atoms with Crippen LogP contribution >= 0.6 is 24.0 Å². The third kappa shape index (κ3) is 9.42. The highest BCUT2D eigenvalue weighted by Crippen LogP contribution is 2.38. The van der Waals surface area contributed by atoms with Crippen molar-refractivity contribution in [1.82, 2.24) is 16.0 Å². The Morgan fingerprint density at radius 3 is 2.17 bits per heavy atom. The van der Waals surface area contributed by atoms with Crippen molar-refractivity contribution in [2.24, 2.45) is 4.99 Å². The fourth-order valence-corrected chi connectivity index (χ4v) is 2.48. The normalized spacial score (nSPS) is 11.7. The van der Waals surface area contributed by atoms with Gasteiger partial charge < -0.3 is 30.2 Å². The van der Waals surface area contributed by atoms with Gasteiger partial charge in [0.15, 0.2) is 17.5 Å². The second-order valence-corrected chi connectivity index (χ2v) is 6.28. The van der Waals surface area contributed by atoms with Crippen molar-refractivity contribution in [1.29, 1.82) is 0 Å². The Balaban J connectivity index is 0.00000784. The van der Waals surface area contributed by atoms with Gasteiger partial charge in [0.05, 0.1) is 27.9 Å². The van der Waals surface area contributed by atoms with Crippen LogP contribution in [0.3, 0.4) is 0 Å². The van der Waals surface area contributed by atoms with Gasteiger partial charge in [-0.05, 0) is 38.0 Å². The Morgan fingerprint density at radius 2 is 1.69 bits per heavy atom. The minimum atomic E-state index is 0. The van der Waals surface area contributed by atoms with Crippen LogP contribution in [0.5, 0.6) is 17.2 Å². The predicted molar refractivity (Wildman–Crippen MR) is 127 cm³/mol. The van der Waals surface area contributed by atoms with Crippen LogP contribution < -0.4 is 30.2 Å². The minimum absolute atomic E-state index is 0. The second kappa shape index (κ2) is 15.0. The lowest BCUT2D eigenvalue weighted by Crippen LogP contribution is -2.40. The molecule has 1 rings (SSSR count). The lowest BCUT2D eigenvalue weighted by molar-refractivity contribution is -0.121. The molecular weight excluding hydrogens is 487 g/mol. The van der Waals surface area contributed by atoms with E-state index in [2.05, 4.69) is 20.9 Å². The quantitative estimate of drug-likeness (QED) is 0.235. The number of methoxy groups -OCH3 is 3. The van der Waals surface area contributed by atoms with E-state index >= 15 is 0 Å². The molecule has 8 nitrogen and oxygen atoms in total. The second-order valence-electron chi connectivity index (χ2n) is 6.28. The average molecular weight is 522 g/mol. The number of carbonyl (C=O) groups excluding carboxylic acids is 1. The molecule has 0 saturated heterocycles. The molecule has 9 heteroatoms. The van der Waals surface area contributed by atoms with Gasteiger partial charge >= 0.3 is 0 Å². The number of rotatable bonds is 11. The molecule has 0 saturated carbocycles. The average Bonchev–Trinajstić information content (AvgIpc) is 2.70. The fourth-order valence-electron chi connectivity index (χ4n) is 2.48. The Hall–Kier alpha value is -1.91. The highest BCUT2D eigenvalue weighted by Gasteiger charge is 2.13. The number of hydrogen-bond donors (Lipinski definition) is 3. The van der Waals surface area contributed by atoms with Crippen molar-refractivity contribution in [3.63, 3.8) is 0 Å². The topological polar surface area (TPSA) is 93.2 Å². The molecule has 1 aromatic rings. The maximum absolute atomic E-state index is 11.9. The summed E-state index contributed by atoms with van der Waals surface area (Å²) in [4.78, 5) is 16.5. The molecule has 0 aliphatic heterocycles. The molecule has 3 N–H and O–H groups in total. The van der Waals surface area contributed by atoms with Crippen molar-refractivity contribution >= 4 is 35.8 Å². The van der Waals surface area contributed by atoms with Crippen LogP contribution in [0.4, 0.5) is 0 Å². The lowest BCUT2D eigenvalue weighted by atomic mass is 10.2. The van der Waals surface area contributed by atoms with Crippen molar-refractivity contribution < 1.29 is 19.0 Å². The molecule has 1 atom stereocenters. The van der Waals surface area contributed by atoms with Crippen LogP contribution in [0.2, 0.25) is 0 Å². The first-order valence-electron chi connectivity index (χ1n) is 9.59. The van der Waals surface area contributed by atoms with Crippen molar-refractivity contribution in [2.45, 2.75) is 46.2 Å². The number of guanidine groups is 1. The first kappa shape index (κ1) is 27.1. The summed E-state index contributed by atoms with van der Waals surface area (Å²) in [6, 6.07) is 3.93. The lowest BCUT2D eigenvalue weighted by Gasteiger charge is -2.15. The molecule has 0 aliphatic carbocycles. The van der Waals surface area contributed by atoms with E-state index < -0.39 is 0 Å². The van der Waals surface area contributed by atoms with Gasteiger partial charge in [0.1, 0.15) is 0 Å². The van der Waals surface area contributed by atoms with Crippen molar-refractivity contribution in [3.05, 3.63) is 17.7 Å². The Bertz CT molecular complexity index is 630. The number of carbonyl (C=O) groups is 1. The van der Waals surface area contributed by atoms with E-state index in [-0.39, 0.29) is 35.9 Å². The molecule has 0 aromatic heterocycles. The van der Waals surface area contributed by atoms with Crippen molar-refractivity contribution in [3.8, 4) is 17.2 Å². The zero-order valence-corrected chi connectivity index (χ0v) is 20.6. The Kier molecular flexibility index (Phi) is 14.0. The van der Waals surface area contributed by atoms with Crippen LogP contribution in [0.15, 0.2) is 17.1 Å². The first-order valence-corrected chi connectivity index (χ1v) is 9.59. The molecule has 0 aliphatic rings. The molecule has 0 radical (unpaired) electrons. The van der Waals surface area contributed by atoms with Crippen LogP contribution in [0, 0.1) is 0 Å². The summed E-state index contributed by atoms with van der Waals surface area (Å²) in [5, 5.41) is 9.31. The number of nitrogens with zero attached hydrogens (tertiary/aromatic N) is 1. The number of halogens is 1. The number of aliphatic imine (C=N–C) groups is 1. The molecule has 1 aromatic carbocycles. The first-order chi connectivity index (χ1) is 13.5. The summed E-state index contributed by atoms with van der Waals surface area (Å²) < 4.78 is 16.1. The molecule has 29 heavy (non-hydrogen) atoms. The standard InChI is InChI=1S/C20H34N4O4.HI/c1-7-14(3)24-18(25)9-10-22-20(21-8-2)23-13-15-11-16(26-4)19(28-6)17(12-15)27-5;/h11-12,14H,7-10,13H2,1-6H3,(H,24,25)(H2,21,22,23);1H. The molecule has 1 unspecified atom stereocenters. The highest BCUT2D eigenvalue weighted by molar-refractivity contribution is 14.0. The number of hydrogen-bond acceptors (Lipinski definition) is 5. The fraction of sp³-hybridized carbons (Fsp3) is 0.600. The van der Waals surface area contributed by atoms with Crippen molar-refractivity contribution in [2.75, 3.05) is 34.4 Å². The maximum Gasteiger partial charge on any atom is 0.221 e. The third-order valence-corrected chi connectivity index (χ3v) is 4.15. The van der Waals surface area contributed by atoms with Gasteiger partial charge in [0.2, 0.25) is 11.7 Å². The number of benzene rings is 1. The summed E-state index contributed by atoms with van der Waals surface area (Å²) >= 11 is 0. The summed E-state index contributed by atoms with van der Waals surface area (Å²) in [5.74, 6) is 2.41. The number of amides is 1. The Morgan fingerprint density at radius 1 is 1.07 bits per heavy atom. The van der Waals surface area contributed by atoms with E-state index in [1.807, 2.05) is 32.9 Å². The molecule has 1 amide bonds. The largest absolute Gasteiger partial charge is 0.493 e. The van der Waals surface area contributed by atoms with Crippen LogP contribution in [-0.2, 0) is 11.3 Å². The number of nitrogens with one attached hydrogen (secondary N) is 3. The van der Waals surface area contributed by atoms with Crippen LogP contribution in [0.1, 0.15) is 39.2 Å². The van der Waals surface area contributed by atoms with Gasteiger partial charge in [-0.1, -0.05) is 6.92 Å². The van der Waals surface area contributed by atoms with Gasteiger partial charge in [-0.2, -0.15) is 0 Å². The van der Waals surface area contributed by atoms with E-state index in [9.17, 15) is 4.79 Å². The van der Waals surface area contributed by atoms with Gasteiger partial charge in [0.25, 0.3) is 0 Å². The third-order valence-electron chi connectivity index (χ3n) is 4.15. The molecule has 166 valence electrons. The predicted octanol–water partition coefficient (Wildman–Crippen LogP) is 2.69. The zero-order chi connectivity index (χ0) is 20.9. The molecule has 0 spiro atoms. The molecular formula is C20H35IN4O4. The van der Waals surface area contributed by atoms with Gasteiger partial charge in [-0.15, -0.1) is 24.0 Å². The van der Waals surface area contributed by atoms with Gasteiger partial charge in [0, 0.05) is 25.6 Å². The molecule has 0 fully saturated rings. The van der Waals surface area contributed by atoms with Crippen LogP contribution in [-0.4, -0.2) is 52.3 Å². The van der Waals surface area contributed by atoms with Gasteiger partial charge in [-0.25, -0.2) is 4.99 Å². The highest BCUT2D eigenvalue weighted by atomic mass is 127. The van der Waals surface area contributed by atoms with Gasteiger partial charge in [-0.3, -0.25) is 4.79 Å². The molecule has 0 heterocycles. The summed E-state index contributed by atoms with van der Waals surface area (Å²) in [7, 11) is 4.74. The van der Waals surface area contributed by atoms with E-state index in [4.69, 9.17) is 14.2 Å². The SMILES string of the molecule is CCNC(=NCc1cc(OC)c(OC)c(OC)c1)NCCC(=O)NC(C)CC.I. The van der Waals surface area contributed by atoms with E-state index in [0.29, 0.717) is 42.7 Å². The molecule has 0 bridgehead atoms. The minimum Gasteiger partial charge on any atom is -0.493 e. The zero-order valence-electron chi connectivity index (χ0n) is 18.3. The summed E-state index contributed by atoms with van der Waals surface area (Å²) in [6.45, 7) is 7.68. The number of ether oxygens (including phenoxy) is 3. The summed E-state index contributed by atoms with van der Waals surface area (Å²) in [5.41, 5.74) is 0.918. The monoisotopic (exact) mass is 522 g/mol. The van der Waals surface area contributed by atoms with E-state index in [1.54, 1.807) is 21.3 Å². The summed E-state index contributed by atoms with van der Waals surface area (Å²) in [6.07, 6.45) is 1.30.